The summed E-state index contributed by atoms with van der Waals surface area (Å²) in [4.78, 5) is 0. The van der Waals surface area contributed by atoms with Gasteiger partial charge in [0, 0.05) is 12.4 Å². The van der Waals surface area contributed by atoms with Crippen molar-refractivity contribution in [2.24, 2.45) is 0 Å². The number of hydrogen-bond acceptors (Lipinski definition) is 2. The van der Waals surface area contributed by atoms with E-state index in [9.17, 15) is 0 Å². The summed E-state index contributed by atoms with van der Waals surface area (Å²) in [5, 5.41) is 7.38. The Morgan fingerprint density at radius 1 is 0.875 bits per heavy atom. The van der Waals surface area contributed by atoms with Crippen LogP contribution in [0.2, 0.25) is 0 Å². The van der Waals surface area contributed by atoms with Crippen LogP contribution in [0.1, 0.15) is 0 Å². The first-order chi connectivity index (χ1) is 7.74. The zero-order valence-corrected chi connectivity index (χ0v) is 9.95. The molecule has 3 heteroatoms. The summed E-state index contributed by atoms with van der Waals surface area (Å²) in [7, 11) is 2.59. The predicted octanol–water partition coefficient (Wildman–Crippen LogP) is 3.12. The molecule has 0 amide bonds. The van der Waals surface area contributed by atoms with E-state index in [1.807, 2.05) is 47.5 Å². The Hall–Kier alpha value is -1.66. The third kappa shape index (κ3) is 2.91. The van der Waals surface area contributed by atoms with Gasteiger partial charge in [-0.3, -0.25) is 0 Å². The van der Waals surface area contributed by atoms with Crippen molar-refractivity contribution in [2.75, 3.05) is 0 Å². The van der Waals surface area contributed by atoms with Crippen LogP contribution in [-0.2, 0) is 0 Å². The van der Waals surface area contributed by atoms with Crippen LogP contribution in [0.4, 0.5) is 0 Å². The van der Waals surface area contributed by atoms with Gasteiger partial charge in [-0.25, -0.2) is 0 Å². The molecule has 1 unspecified atom stereocenters. The maximum absolute atomic E-state index is 7.38. The summed E-state index contributed by atoms with van der Waals surface area (Å²) in [6.07, 6.45) is 19.6. The monoisotopic (exact) mass is 228 g/mol. The van der Waals surface area contributed by atoms with Gasteiger partial charge >= 0.3 is 0 Å². The van der Waals surface area contributed by atoms with Gasteiger partial charge in [-0.15, -0.1) is 0 Å². The van der Waals surface area contributed by atoms with Crippen molar-refractivity contribution >= 4 is 15.1 Å². The molecule has 2 nitrogen and oxygen atoms in total. The molecule has 0 saturated carbocycles. The van der Waals surface area contributed by atoms with Crippen LogP contribution in [0, 0.1) is 5.41 Å². The Balaban J connectivity index is 2.09. The Labute approximate surface area is 97.8 Å². The zero-order chi connectivity index (χ0) is 11.4. The topological polar surface area (TPSA) is 27.1 Å². The molecule has 0 bridgehead atoms. The smallest absolute Gasteiger partial charge is 0.0540 e. The van der Waals surface area contributed by atoms with E-state index in [4.69, 9.17) is 5.41 Å². The van der Waals surface area contributed by atoms with Crippen molar-refractivity contribution in [1.82, 2.24) is 4.67 Å². The Morgan fingerprint density at radius 2 is 1.38 bits per heavy atom. The van der Waals surface area contributed by atoms with Crippen molar-refractivity contribution in [1.29, 1.82) is 5.41 Å². The average molecular weight is 228 g/mol. The second-order valence-electron chi connectivity index (χ2n) is 3.53. The van der Waals surface area contributed by atoms with Crippen molar-refractivity contribution in [2.45, 2.75) is 0 Å². The zero-order valence-electron chi connectivity index (χ0n) is 8.80. The van der Waals surface area contributed by atoms with E-state index in [0.717, 1.165) is 11.1 Å². The molecule has 0 radical (unpaired) electrons. The normalized spacial score (nSPS) is 18.3. The molecule has 16 heavy (non-hydrogen) atoms. The van der Waals surface area contributed by atoms with Gasteiger partial charge in [-0.05, 0) is 44.8 Å². The van der Waals surface area contributed by atoms with Crippen LogP contribution in [0.3, 0.4) is 0 Å². The first-order valence-electron chi connectivity index (χ1n) is 5.00. The minimum Gasteiger partial charge on any atom is -0.339 e. The van der Waals surface area contributed by atoms with Crippen LogP contribution in [-0.4, -0.2) is 10.4 Å². The largest absolute Gasteiger partial charge is 0.339 e. The lowest BCUT2D eigenvalue weighted by molar-refractivity contribution is 0.842. The second kappa shape index (κ2) is 4.91. The van der Waals surface area contributed by atoms with Crippen LogP contribution in [0.25, 0.3) is 0 Å². The lowest BCUT2D eigenvalue weighted by atomic mass is 10.1. The van der Waals surface area contributed by atoms with Gasteiger partial charge in [-0.1, -0.05) is 24.3 Å². The van der Waals surface area contributed by atoms with E-state index in [-0.39, 0.29) is 0 Å². The summed E-state index contributed by atoms with van der Waals surface area (Å²) in [6.45, 7) is 0. The van der Waals surface area contributed by atoms with Crippen LogP contribution in [0.15, 0.2) is 72.2 Å². The first-order valence-corrected chi connectivity index (χ1v) is 5.52. The van der Waals surface area contributed by atoms with Gasteiger partial charge in [-0.2, -0.15) is 0 Å². The highest BCUT2D eigenvalue weighted by molar-refractivity contribution is 7.13. The molecule has 0 spiro atoms. The molecule has 0 fully saturated rings. The van der Waals surface area contributed by atoms with Crippen LogP contribution < -0.4 is 0 Å². The molecule has 2 aliphatic rings. The number of nitrogens with zero attached hydrogens (tertiary/aromatic N) is 1. The number of nitrogens with one attached hydrogen (secondary N) is 1. The molecule has 1 aliphatic heterocycles. The molecule has 1 atom stereocenters. The SMILES string of the molecule is N=C1C=CC(=CC=C2C=CN(P)C=C2)C=C1. The number of allylic oxidation sites excluding steroid dienone is 10. The van der Waals surface area contributed by atoms with E-state index < -0.39 is 0 Å². The minimum absolute atomic E-state index is 0.543. The van der Waals surface area contributed by atoms with Gasteiger partial charge in [0.05, 0.1) is 5.71 Å². The summed E-state index contributed by atoms with van der Waals surface area (Å²) in [5.41, 5.74) is 2.81. The molecule has 0 saturated heterocycles. The molecule has 1 heterocycles. The fourth-order valence-corrected chi connectivity index (χ4v) is 1.52. The fourth-order valence-electron chi connectivity index (χ4n) is 1.35. The quantitative estimate of drug-likeness (QED) is 0.686. The van der Waals surface area contributed by atoms with Gasteiger partial charge in [0.1, 0.15) is 0 Å². The Bertz CT molecular complexity index is 442. The van der Waals surface area contributed by atoms with E-state index in [0.29, 0.717) is 5.71 Å². The van der Waals surface area contributed by atoms with Gasteiger partial charge in [0.25, 0.3) is 0 Å². The van der Waals surface area contributed by atoms with Crippen molar-refractivity contribution in [3.05, 3.63) is 72.2 Å². The highest BCUT2D eigenvalue weighted by Gasteiger charge is 1.96. The molecule has 0 aromatic rings. The Kier molecular flexibility index (Phi) is 3.33. The molecular weight excluding hydrogens is 215 g/mol. The van der Waals surface area contributed by atoms with E-state index in [1.54, 1.807) is 12.2 Å². The molecule has 0 aromatic carbocycles. The maximum Gasteiger partial charge on any atom is 0.0540 e. The molecule has 1 N–H and O–H groups in total. The standard InChI is InChI=1S/C13H13N2P/c14-13-5-3-11(4-6-13)1-2-12-7-9-15(16)10-8-12/h1-10,14H,16H2. The maximum atomic E-state index is 7.38. The van der Waals surface area contributed by atoms with E-state index in [1.165, 1.54) is 0 Å². The molecule has 80 valence electrons. The highest BCUT2D eigenvalue weighted by atomic mass is 31.0. The molecule has 0 aromatic heterocycles. The Morgan fingerprint density at radius 3 is 1.94 bits per heavy atom. The molecule has 2 rings (SSSR count). The third-order valence-corrected chi connectivity index (χ3v) is 2.60. The third-order valence-electron chi connectivity index (χ3n) is 2.26. The fraction of sp³-hybridized carbons (Fsp3) is 0. The summed E-state index contributed by atoms with van der Waals surface area (Å²) in [5.74, 6) is 0. The van der Waals surface area contributed by atoms with E-state index in [2.05, 4.69) is 15.5 Å². The van der Waals surface area contributed by atoms with Crippen LogP contribution >= 0.6 is 9.39 Å². The molecular formula is C13H13N2P. The van der Waals surface area contributed by atoms with Gasteiger partial charge < -0.3 is 10.1 Å². The lowest BCUT2D eigenvalue weighted by Gasteiger charge is -2.10. The van der Waals surface area contributed by atoms with Crippen molar-refractivity contribution in [3.8, 4) is 0 Å². The van der Waals surface area contributed by atoms with Crippen LogP contribution in [0.5, 0.6) is 0 Å². The average Bonchev–Trinajstić information content (AvgIpc) is 2.30. The first kappa shape index (κ1) is 10.8. The summed E-state index contributed by atoms with van der Waals surface area (Å²) < 4.78 is 1.92. The summed E-state index contributed by atoms with van der Waals surface area (Å²) >= 11 is 0. The summed E-state index contributed by atoms with van der Waals surface area (Å²) in [6, 6.07) is 0. The number of hydrogen-bond donors (Lipinski definition) is 1. The van der Waals surface area contributed by atoms with Crippen molar-refractivity contribution in [3.63, 3.8) is 0 Å². The van der Waals surface area contributed by atoms with Gasteiger partial charge in [0.15, 0.2) is 0 Å². The lowest BCUT2D eigenvalue weighted by Crippen LogP contribution is -1.95. The number of rotatable bonds is 1. The van der Waals surface area contributed by atoms with Gasteiger partial charge in [0.2, 0.25) is 0 Å². The molecule has 1 aliphatic carbocycles. The predicted molar refractivity (Wildman–Crippen MR) is 72.0 cm³/mol. The van der Waals surface area contributed by atoms with E-state index >= 15 is 0 Å². The minimum atomic E-state index is 0.543. The van der Waals surface area contributed by atoms with Crippen molar-refractivity contribution < 1.29 is 0 Å². The second-order valence-corrected chi connectivity index (χ2v) is 4.13. The highest BCUT2D eigenvalue weighted by Crippen LogP contribution is 2.14.